The van der Waals surface area contributed by atoms with E-state index in [1.54, 1.807) is 4.90 Å². The summed E-state index contributed by atoms with van der Waals surface area (Å²) in [5.74, 6) is 0.557. The van der Waals surface area contributed by atoms with Gasteiger partial charge in [-0.2, -0.15) is 0 Å². The molecule has 3 rings (SSSR count). The summed E-state index contributed by atoms with van der Waals surface area (Å²) in [6, 6.07) is -0.308. The molecular weight excluding hydrogens is 308 g/mol. The maximum absolute atomic E-state index is 13.1. The SMILES string of the molecule is CCN(C[C@@H]1CCOC1)C(=O)[C@@H]1CCCCN1C(=O)[C@H]1CCCO1. The van der Waals surface area contributed by atoms with E-state index < -0.39 is 0 Å². The van der Waals surface area contributed by atoms with Gasteiger partial charge in [0.1, 0.15) is 12.1 Å². The number of rotatable bonds is 5. The molecule has 6 heteroatoms. The van der Waals surface area contributed by atoms with E-state index in [-0.39, 0.29) is 24.0 Å². The van der Waals surface area contributed by atoms with Crippen molar-refractivity contribution in [3.8, 4) is 0 Å². The van der Waals surface area contributed by atoms with Crippen molar-refractivity contribution in [1.29, 1.82) is 0 Å². The summed E-state index contributed by atoms with van der Waals surface area (Å²) in [5, 5.41) is 0. The molecule has 24 heavy (non-hydrogen) atoms. The molecule has 3 saturated heterocycles. The Hall–Kier alpha value is -1.14. The van der Waals surface area contributed by atoms with Crippen LogP contribution in [0.15, 0.2) is 0 Å². The third-order valence-corrected chi connectivity index (χ3v) is 5.47. The van der Waals surface area contributed by atoms with Crippen LogP contribution in [0.4, 0.5) is 0 Å². The Morgan fingerprint density at radius 3 is 2.67 bits per heavy atom. The van der Waals surface area contributed by atoms with Crippen LogP contribution in [0, 0.1) is 5.92 Å². The molecule has 0 saturated carbocycles. The average molecular weight is 338 g/mol. The minimum atomic E-state index is -0.336. The van der Waals surface area contributed by atoms with E-state index in [4.69, 9.17) is 9.47 Å². The lowest BCUT2D eigenvalue weighted by molar-refractivity contribution is -0.153. The predicted molar refractivity (Wildman–Crippen MR) is 89.5 cm³/mol. The molecule has 0 bridgehead atoms. The number of likely N-dealkylation sites (N-methyl/N-ethyl adjacent to an activating group) is 1. The molecule has 2 amide bonds. The molecule has 3 atom stereocenters. The van der Waals surface area contributed by atoms with Crippen molar-refractivity contribution < 1.29 is 19.1 Å². The standard InChI is InChI=1S/C18H30N2O4/c1-2-19(12-14-8-11-23-13-14)17(21)15-6-3-4-9-20(15)18(22)16-7-5-10-24-16/h14-16H,2-13H2,1H3/t14-,15-,16+/m0/s1. The molecule has 0 aromatic heterocycles. The van der Waals surface area contributed by atoms with Crippen LogP contribution in [-0.2, 0) is 19.1 Å². The van der Waals surface area contributed by atoms with Gasteiger partial charge in [0.05, 0.1) is 6.61 Å². The maximum atomic E-state index is 13.1. The van der Waals surface area contributed by atoms with Gasteiger partial charge in [-0.05, 0) is 45.4 Å². The van der Waals surface area contributed by atoms with Gasteiger partial charge in [-0.25, -0.2) is 0 Å². The average Bonchev–Trinajstić information content (AvgIpc) is 3.32. The molecule has 6 nitrogen and oxygen atoms in total. The number of ether oxygens (including phenoxy) is 2. The summed E-state index contributed by atoms with van der Waals surface area (Å²) in [6.07, 6.45) is 5.16. The molecule has 0 radical (unpaired) electrons. The normalized spacial score (nSPS) is 30.5. The first kappa shape index (κ1) is 17.7. The first-order chi connectivity index (χ1) is 11.7. The molecule has 0 aromatic carbocycles. The smallest absolute Gasteiger partial charge is 0.252 e. The second-order valence-corrected chi connectivity index (χ2v) is 7.15. The van der Waals surface area contributed by atoms with Gasteiger partial charge in [0, 0.05) is 38.8 Å². The summed E-state index contributed by atoms with van der Waals surface area (Å²) in [6.45, 7) is 6.33. The number of hydrogen-bond donors (Lipinski definition) is 0. The van der Waals surface area contributed by atoms with E-state index in [2.05, 4.69) is 0 Å². The van der Waals surface area contributed by atoms with E-state index >= 15 is 0 Å². The highest BCUT2D eigenvalue weighted by molar-refractivity contribution is 5.89. The molecule has 3 heterocycles. The summed E-state index contributed by atoms with van der Waals surface area (Å²) in [5.41, 5.74) is 0. The molecule has 0 aromatic rings. The van der Waals surface area contributed by atoms with Crippen LogP contribution >= 0.6 is 0 Å². The molecule has 0 aliphatic carbocycles. The zero-order valence-corrected chi connectivity index (χ0v) is 14.7. The molecule has 3 aliphatic heterocycles. The van der Waals surface area contributed by atoms with Gasteiger partial charge in [0.25, 0.3) is 5.91 Å². The van der Waals surface area contributed by atoms with Gasteiger partial charge >= 0.3 is 0 Å². The second-order valence-electron chi connectivity index (χ2n) is 7.15. The fourth-order valence-corrected chi connectivity index (χ4v) is 4.03. The highest BCUT2D eigenvalue weighted by Gasteiger charge is 2.38. The van der Waals surface area contributed by atoms with E-state index in [9.17, 15) is 9.59 Å². The Morgan fingerprint density at radius 2 is 2.00 bits per heavy atom. The largest absolute Gasteiger partial charge is 0.381 e. The Bertz CT molecular complexity index is 444. The lowest BCUT2D eigenvalue weighted by atomic mass is 9.98. The van der Waals surface area contributed by atoms with Gasteiger partial charge in [-0.1, -0.05) is 0 Å². The van der Waals surface area contributed by atoms with Crippen molar-refractivity contribution in [2.24, 2.45) is 5.92 Å². The van der Waals surface area contributed by atoms with E-state index in [0.717, 1.165) is 58.3 Å². The summed E-state index contributed by atoms with van der Waals surface area (Å²) in [7, 11) is 0. The minimum Gasteiger partial charge on any atom is -0.381 e. The van der Waals surface area contributed by atoms with Crippen LogP contribution in [0.3, 0.4) is 0 Å². The van der Waals surface area contributed by atoms with Crippen molar-refractivity contribution in [3.63, 3.8) is 0 Å². The monoisotopic (exact) mass is 338 g/mol. The molecule has 0 unspecified atom stereocenters. The number of amides is 2. The van der Waals surface area contributed by atoms with Crippen molar-refractivity contribution in [3.05, 3.63) is 0 Å². The van der Waals surface area contributed by atoms with Gasteiger partial charge in [-0.15, -0.1) is 0 Å². The van der Waals surface area contributed by atoms with Crippen LogP contribution in [0.5, 0.6) is 0 Å². The summed E-state index contributed by atoms with van der Waals surface area (Å²) >= 11 is 0. The Balaban J connectivity index is 1.65. The molecule has 0 N–H and O–H groups in total. The van der Waals surface area contributed by atoms with Crippen LogP contribution in [0.2, 0.25) is 0 Å². The number of carbonyl (C=O) groups is 2. The topological polar surface area (TPSA) is 59.1 Å². The van der Waals surface area contributed by atoms with Crippen LogP contribution < -0.4 is 0 Å². The maximum Gasteiger partial charge on any atom is 0.252 e. The first-order valence-electron chi connectivity index (χ1n) is 9.49. The lowest BCUT2D eigenvalue weighted by Gasteiger charge is -2.39. The highest BCUT2D eigenvalue weighted by atomic mass is 16.5. The Kier molecular flexibility index (Phi) is 6.11. The second kappa shape index (κ2) is 8.30. The Morgan fingerprint density at radius 1 is 1.12 bits per heavy atom. The van der Waals surface area contributed by atoms with Crippen LogP contribution in [0.25, 0.3) is 0 Å². The Labute approximate surface area is 144 Å². The fraction of sp³-hybridized carbons (Fsp3) is 0.889. The lowest BCUT2D eigenvalue weighted by Crippen LogP contribution is -2.55. The van der Waals surface area contributed by atoms with Gasteiger partial charge in [-0.3, -0.25) is 9.59 Å². The van der Waals surface area contributed by atoms with Gasteiger partial charge < -0.3 is 19.3 Å². The van der Waals surface area contributed by atoms with Gasteiger partial charge in [0.2, 0.25) is 5.91 Å². The molecule has 0 spiro atoms. The zero-order chi connectivity index (χ0) is 16.9. The van der Waals surface area contributed by atoms with Crippen molar-refractivity contribution in [2.75, 3.05) is 39.5 Å². The van der Waals surface area contributed by atoms with Crippen LogP contribution in [-0.4, -0.2) is 73.2 Å². The summed E-state index contributed by atoms with van der Waals surface area (Å²) in [4.78, 5) is 29.6. The van der Waals surface area contributed by atoms with Crippen LogP contribution in [0.1, 0.15) is 45.4 Å². The van der Waals surface area contributed by atoms with E-state index in [1.807, 2.05) is 11.8 Å². The molecular formula is C18H30N2O4. The minimum absolute atomic E-state index is 0.0193. The van der Waals surface area contributed by atoms with Crippen molar-refractivity contribution in [1.82, 2.24) is 9.80 Å². The predicted octanol–water partition coefficient (Wildman–Crippen LogP) is 1.43. The molecule has 3 fully saturated rings. The van der Waals surface area contributed by atoms with Crippen molar-refractivity contribution in [2.45, 2.75) is 57.6 Å². The fourth-order valence-electron chi connectivity index (χ4n) is 4.03. The third-order valence-electron chi connectivity index (χ3n) is 5.47. The van der Waals surface area contributed by atoms with E-state index in [1.165, 1.54) is 0 Å². The zero-order valence-electron chi connectivity index (χ0n) is 14.7. The first-order valence-corrected chi connectivity index (χ1v) is 9.49. The van der Waals surface area contributed by atoms with E-state index in [0.29, 0.717) is 25.6 Å². The molecule has 3 aliphatic rings. The summed E-state index contributed by atoms with van der Waals surface area (Å²) < 4.78 is 11.0. The highest BCUT2D eigenvalue weighted by Crippen LogP contribution is 2.24. The quantitative estimate of drug-likeness (QED) is 0.761. The number of nitrogens with zero attached hydrogens (tertiary/aromatic N) is 2. The third kappa shape index (κ3) is 3.91. The molecule has 136 valence electrons. The van der Waals surface area contributed by atoms with Crippen molar-refractivity contribution >= 4 is 11.8 Å². The number of likely N-dealkylation sites (tertiary alicyclic amines) is 1. The van der Waals surface area contributed by atoms with Gasteiger partial charge in [0.15, 0.2) is 0 Å². The number of carbonyl (C=O) groups excluding carboxylic acids is 2. The number of piperidine rings is 1. The number of hydrogen-bond acceptors (Lipinski definition) is 4.